The van der Waals surface area contributed by atoms with Crippen LogP contribution in [0.1, 0.15) is 0 Å². The fourth-order valence-corrected chi connectivity index (χ4v) is 1.85. The molecule has 1 heterocycles. The summed E-state index contributed by atoms with van der Waals surface area (Å²) in [4.78, 5) is 18.0. The SMILES string of the molecule is COc1cc(Br)c2c(=O)[nH]cnc2c1. The smallest absolute Gasteiger partial charge is 0.259 e. The fraction of sp³-hybridized carbons (Fsp3) is 0.111. The molecule has 0 atom stereocenters. The summed E-state index contributed by atoms with van der Waals surface area (Å²) < 4.78 is 5.74. The Hall–Kier alpha value is -1.36. The van der Waals surface area contributed by atoms with Crippen LogP contribution in [0.25, 0.3) is 10.9 Å². The number of fused-ring (bicyclic) bond motifs is 1. The zero-order valence-electron chi connectivity index (χ0n) is 7.37. The molecule has 0 unspecified atom stereocenters. The molecule has 1 N–H and O–H groups in total. The lowest BCUT2D eigenvalue weighted by molar-refractivity contribution is 0.415. The summed E-state index contributed by atoms with van der Waals surface area (Å²) in [5.74, 6) is 0.669. The number of halogens is 1. The number of rotatable bonds is 1. The molecule has 14 heavy (non-hydrogen) atoms. The second-order valence-electron chi connectivity index (χ2n) is 2.74. The third kappa shape index (κ3) is 1.39. The van der Waals surface area contributed by atoms with E-state index >= 15 is 0 Å². The van der Waals surface area contributed by atoms with Gasteiger partial charge in [-0.1, -0.05) is 0 Å². The highest BCUT2D eigenvalue weighted by molar-refractivity contribution is 9.10. The van der Waals surface area contributed by atoms with Crippen LogP contribution >= 0.6 is 15.9 Å². The van der Waals surface area contributed by atoms with E-state index in [1.807, 2.05) is 0 Å². The number of nitrogens with zero attached hydrogens (tertiary/aromatic N) is 1. The van der Waals surface area contributed by atoms with Gasteiger partial charge in [0.2, 0.25) is 0 Å². The van der Waals surface area contributed by atoms with Crippen molar-refractivity contribution in [2.75, 3.05) is 7.11 Å². The van der Waals surface area contributed by atoms with Crippen molar-refractivity contribution < 1.29 is 4.74 Å². The van der Waals surface area contributed by atoms with Crippen LogP contribution in [-0.2, 0) is 0 Å². The van der Waals surface area contributed by atoms with Gasteiger partial charge in [0.05, 0.1) is 24.3 Å². The lowest BCUT2D eigenvalue weighted by Crippen LogP contribution is -2.06. The Bertz CT molecular complexity index is 536. The zero-order valence-corrected chi connectivity index (χ0v) is 8.96. The fourth-order valence-electron chi connectivity index (χ4n) is 1.25. The minimum atomic E-state index is -0.162. The van der Waals surface area contributed by atoms with Crippen molar-refractivity contribution in [1.29, 1.82) is 0 Å². The van der Waals surface area contributed by atoms with E-state index in [0.717, 1.165) is 0 Å². The molecule has 5 heteroatoms. The minimum Gasteiger partial charge on any atom is -0.497 e. The summed E-state index contributed by atoms with van der Waals surface area (Å²) in [5, 5.41) is 0.535. The number of methoxy groups -OCH3 is 1. The molecule has 0 aliphatic carbocycles. The Morgan fingerprint density at radius 3 is 3.00 bits per heavy atom. The number of H-pyrrole nitrogens is 1. The molecule has 0 bridgehead atoms. The van der Waals surface area contributed by atoms with Crippen LogP contribution in [0, 0.1) is 0 Å². The summed E-state index contributed by atoms with van der Waals surface area (Å²) in [6.45, 7) is 0. The molecule has 0 aliphatic heterocycles. The second kappa shape index (κ2) is 3.42. The first kappa shape index (κ1) is 9.21. The maximum Gasteiger partial charge on any atom is 0.259 e. The van der Waals surface area contributed by atoms with E-state index in [1.54, 1.807) is 19.2 Å². The third-order valence-electron chi connectivity index (χ3n) is 1.90. The molecule has 0 spiro atoms. The van der Waals surface area contributed by atoms with Gasteiger partial charge in [-0.2, -0.15) is 0 Å². The van der Waals surface area contributed by atoms with E-state index in [-0.39, 0.29) is 5.56 Å². The van der Waals surface area contributed by atoms with Crippen LogP contribution in [0.15, 0.2) is 27.7 Å². The molecule has 0 aliphatic rings. The number of aromatic nitrogens is 2. The Kier molecular flexibility index (Phi) is 2.25. The van der Waals surface area contributed by atoms with Crippen LogP contribution in [0.3, 0.4) is 0 Å². The monoisotopic (exact) mass is 254 g/mol. The van der Waals surface area contributed by atoms with Crippen molar-refractivity contribution in [3.05, 3.63) is 33.3 Å². The van der Waals surface area contributed by atoms with Crippen LogP contribution in [-0.4, -0.2) is 17.1 Å². The van der Waals surface area contributed by atoms with Gasteiger partial charge in [-0.25, -0.2) is 4.98 Å². The van der Waals surface area contributed by atoms with Crippen molar-refractivity contribution in [3.8, 4) is 5.75 Å². The molecule has 72 valence electrons. The van der Waals surface area contributed by atoms with Gasteiger partial charge >= 0.3 is 0 Å². The van der Waals surface area contributed by atoms with E-state index in [4.69, 9.17) is 4.74 Å². The number of ether oxygens (including phenoxy) is 1. The van der Waals surface area contributed by atoms with Crippen molar-refractivity contribution in [2.24, 2.45) is 0 Å². The third-order valence-corrected chi connectivity index (χ3v) is 2.53. The highest BCUT2D eigenvalue weighted by atomic mass is 79.9. The van der Waals surface area contributed by atoms with Gasteiger partial charge in [-0.15, -0.1) is 0 Å². The van der Waals surface area contributed by atoms with Gasteiger partial charge in [-0.05, 0) is 22.0 Å². The molecular weight excluding hydrogens is 248 g/mol. The largest absolute Gasteiger partial charge is 0.497 e. The molecule has 0 fully saturated rings. The van der Waals surface area contributed by atoms with E-state index < -0.39 is 0 Å². The molecule has 0 radical (unpaired) electrons. The van der Waals surface area contributed by atoms with Gasteiger partial charge < -0.3 is 9.72 Å². The molecule has 0 saturated heterocycles. The predicted molar refractivity (Wildman–Crippen MR) is 56.6 cm³/mol. The number of benzene rings is 1. The first-order valence-electron chi connectivity index (χ1n) is 3.93. The molecule has 1 aromatic carbocycles. The highest BCUT2D eigenvalue weighted by Crippen LogP contribution is 2.25. The van der Waals surface area contributed by atoms with Crippen LogP contribution in [0.4, 0.5) is 0 Å². The Morgan fingerprint density at radius 1 is 1.50 bits per heavy atom. The average Bonchev–Trinajstić information content (AvgIpc) is 2.17. The molecule has 2 rings (SSSR count). The highest BCUT2D eigenvalue weighted by Gasteiger charge is 2.06. The van der Waals surface area contributed by atoms with Crippen molar-refractivity contribution in [3.63, 3.8) is 0 Å². The lowest BCUT2D eigenvalue weighted by Gasteiger charge is -2.02. The summed E-state index contributed by atoms with van der Waals surface area (Å²) in [5.41, 5.74) is 0.449. The van der Waals surface area contributed by atoms with Gasteiger partial charge in [0.15, 0.2) is 0 Å². The quantitative estimate of drug-likeness (QED) is 0.843. The Balaban J connectivity index is 2.90. The normalized spacial score (nSPS) is 10.4. The first-order chi connectivity index (χ1) is 6.72. The maximum absolute atomic E-state index is 11.4. The molecule has 0 amide bonds. The Morgan fingerprint density at radius 2 is 2.29 bits per heavy atom. The van der Waals surface area contributed by atoms with Crippen molar-refractivity contribution in [1.82, 2.24) is 9.97 Å². The van der Waals surface area contributed by atoms with E-state index in [0.29, 0.717) is 21.1 Å². The van der Waals surface area contributed by atoms with Gasteiger partial charge in [0, 0.05) is 10.5 Å². The summed E-state index contributed by atoms with van der Waals surface area (Å²) in [7, 11) is 1.57. The van der Waals surface area contributed by atoms with Crippen LogP contribution in [0.5, 0.6) is 5.75 Å². The summed E-state index contributed by atoms with van der Waals surface area (Å²) >= 11 is 3.30. The molecule has 1 aromatic heterocycles. The number of nitrogens with one attached hydrogen (secondary N) is 1. The van der Waals surface area contributed by atoms with Gasteiger partial charge in [0.1, 0.15) is 5.75 Å². The van der Waals surface area contributed by atoms with Gasteiger partial charge in [-0.3, -0.25) is 4.79 Å². The average molecular weight is 255 g/mol. The predicted octanol–water partition coefficient (Wildman–Crippen LogP) is 1.69. The van der Waals surface area contributed by atoms with E-state index in [1.165, 1.54) is 6.33 Å². The maximum atomic E-state index is 11.4. The van der Waals surface area contributed by atoms with E-state index in [2.05, 4.69) is 25.9 Å². The van der Waals surface area contributed by atoms with Gasteiger partial charge in [0.25, 0.3) is 5.56 Å². The lowest BCUT2D eigenvalue weighted by atomic mass is 10.2. The van der Waals surface area contributed by atoms with Crippen LogP contribution < -0.4 is 10.3 Å². The van der Waals surface area contributed by atoms with Crippen molar-refractivity contribution >= 4 is 26.8 Å². The van der Waals surface area contributed by atoms with E-state index in [9.17, 15) is 4.79 Å². The zero-order chi connectivity index (χ0) is 10.1. The van der Waals surface area contributed by atoms with Crippen LogP contribution in [0.2, 0.25) is 0 Å². The topological polar surface area (TPSA) is 55.0 Å². The standard InChI is InChI=1S/C9H7BrN2O2/c1-14-5-2-6(10)8-7(3-5)11-4-12-9(8)13/h2-4H,1H3,(H,11,12,13). The molecule has 4 nitrogen and oxygen atoms in total. The second-order valence-corrected chi connectivity index (χ2v) is 3.59. The molecule has 0 saturated carbocycles. The summed E-state index contributed by atoms with van der Waals surface area (Å²) in [6.07, 6.45) is 1.37. The van der Waals surface area contributed by atoms with Crippen molar-refractivity contribution in [2.45, 2.75) is 0 Å². The Labute approximate surface area is 88.1 Å². The number of hydrogen-bond donors (Lipinski definition) is 1. The number of hydrogen-bond acceptors (Lipinski definition) is 3. The molecular formula is C9H7BrN2O2. The number of aromatic amines is 1. The summed E-state index contributed by atoms with van der Waals surface area (Å²) in [6, 6.07) is 3.45. The first-order valence-corrected chi connectivity index (χ1v) is 4.72. The molecule has 2 aromatic rings. The minimum absolute atomic E-state index is 0.162.